The van der Waals surface area contributed by atoms with Gasteiger partial charge in [0.1, 0.15) is 0 Å². The van der Waals surface area contributed by atoms with Gasteiger partial charge in [0.2, 0.25) is 0 Å². The number of hydrogen-bond acceptors (Lipinski definition) is 4. The Hall–Kier alpha value is -1.62. The molecule has 15 heavy (non-hydrogen) atoms. The van der Waals surface area contributed by atoms with Crippen molar-refractivity contribution in [3.05, 3.63) is 34.4 Å². The summed E-state index contributed by atoms with van der Waals surface area (Å²) in [7, 11) is 0. The fourth-order valence-electron chi connectivity index (χ4n) is 1.02. The number of nitrogens with one attached hydrogen (secondary N) is 1. The van der Waals surface area contributed by atoms with E-state index in [-0.39, 0.29) is 5.69 Å². The van der Waals surface area contributed by atoms with Crippen LogP contribution in [0.1, 0.15) is 13.8 Å². The number of non-ortho nitro benzene ring substituents is 1. The van der Waals surface area contributed by atoms with Gasteiger partial charge in [0, 0.05) is 24.4 Å². The van der Waals surface area contributed by atoms with Crippen LogP contribution in [0, 0.1) is 10.1 Å². The molecule has 0 fully saturated rings. The fourth-order valence-corrected chi connectivity index (χ4v) is 1.02. The van der Waals surface area contributed by atoms with Gasteiger partial charge in [-0.1, -0.05) is 0 Å². The quantitative estimate of drug-likeness (QED) is 0.586. The van der Waals surface area contributed by atoms with Crippen LogP contribution >= 0.6 is 0 Å². The zero-order valence-electron chi connectivity index (χ0n) is 8.73. The topological polar surface area (TPSA) is 75.4 Å². The third-order valence-electron chi connectivity index (χ3n) is 1.80. The third kappa shape index (κ3) is 3.95. The van der Waals surface area contributed by atoms with E-state index in [0.29, 0.717) is 6.54 Å². The first kappa shape index (κ1) is 11.5. The summed E-state index contributed by atoms with van der Waals surface area (Å²) in [6, 6.07) is 6.08. The summed E-state index contributed by atoms with van der Waals surface area (Å²) < 4.78 is 0. The molecule has 0 aliphatic heterocycles. The Morgan fingerprint density at radius 2 is 1.93 bits per heavy atom. The van der Waals surface area contributed by atoms with Crippen molar-refractivity contribution in [3.8, 4) is 0 Å². The molecule has 0 aliphatic rings. The summed E-state index contributed by atoms with van der Waals surface area (Å²) >= 11 is 0. The highest BCUT2D eigenvalue weighted by molar-refractivity contribution is 5.48. The highest BCUT2D eigenvalue weighted by Crippen LogP contribution is 2.16. The van der Waals surface area contributed by atoms with Crippen LogP contribution in [0.2, 0.25) is 0 Å². The van der Waals surface area contributed by atoms with Crippen molar-refractivity contribution >= 4 is 11.4 Å². The summed E-state index contributed by atoms with van der Waals surface area (Å²) in [5.41, 5.74) is 0.00781. The Morgan fingerprint density at radius 3 is 2.33 bits per heavy atom. The van der Waals surface area contributed by atoms with E-state index in [1.54, 1.807) is 26.0 Å². The summed E-state index contributed by atoms with van der Waals surface area (Å²) in [4.78, 5) is 9.93. The number of hydrogen-bond donors (Lipinski definition) is 2. The minimum Gasteiger partial charge on any atom is -0.389 e. The number of nitro benzene ring substituents is 1. The number of nitrogens with zero attached hydrogens (tertiary/aromatic N) is 1. The van der Waals surface area contributed by atoms with Gasteiger partial charge in [-0.3, -0.25) is 10.1 Å². The Bertz CT molecular complexity index is 341. The molecule has 0 unspecified atom stereocenters. The van der Waals surface area contributed by atoms with E-state index >= 15 is 0 Å². The van der Waals surface area contributed by atoms with E-state index in [4.69, 9.17) is 0 Å². The van der Waals surface area contributed by atoms with Crippen LogP contribution in [0.3, 0.4) is 0 Å². The molecule has 0 saturated heterocycles. The molecule has 0 amide bonds. The number of anilines is 1. The number of rotatable bonds is 4. The molecular formula is C10H14N2O3. The first-order valence-electron chi connectivity index (χ1n) is 4.59. The monoisotopic (exact) mass is 210 g/mol. The lowest BCUT2D eigenvalue weighted by Crippen LogP contribution is -2.29. The molecule has 82 valence electrons. The van der Waals surface area contributed by atoms with Crippen LogP contribution in [-0.4, -0.2) is 22.2 Å². The molecule has 1 rings (SSSR count). The third-order valence-corrected chi connectivity index (χ3v) is 1.80. The van der Waals surface area contributed by atoms with Gasteiger partial charge in [-0.05, 0) is 26.0 Å². The molecule has 0 heterocycles. The number of benzene rings is 1. The summed E-state index contributed by atoms with van der Waals surface area (Å²) in [5.74, 6) is 0. The zero-order valence-corrected chi connectivity index (χ0v) is 8.73. The first-order chi connectivity index (χ1) is 6.88. The lowest BCUT2D eigenvalue weighted by atomic mass is 10.1. The lowest BCUT2D eigenvalue weighted by Gasteiger charge is -2.18. The molecular weight excluding hydrogens is 196 g/mol. The van der Waals surface area contributed by atoms with Gasteiger partial charge < -0.3 is 10.4 Å². The summed E-state index contributed by atoms with van der Waals surface area (Å²) in [6.07, 6.45) is 0. The fraction of sp³-hybridized carbons (Fsp3) is 0.400. The second-order valence-electron chi connectivity index (χ2n) is 3.97. The van der Waals surface area contributed by atoms with Crippen LogP contribution < -0.4 is 5.32 Å². The van der Waals surface area contributed by atoms with E-state index in [9.17, 15) is 15.2 Å². The Labute approximate surface area is 87.9 Å². The van der Waals surface area contributed by atoms with Crippen LogP contribution in [0.25, 0.3) is 0 Å². The lowest BCUT2D eigenvalue weighted by molar-refractivity contribution is -0.384. The molecule has 1 aromatic rings. The van der Waals surface area contributed by atoms with Crippen LogP contribution in [0.15, 0.2) is 24.3 Å². The number of nitro groups is 1. The van der Waals surface area contributed by atoms with Gasteiger partial charge in [-0.25, -0.2) is 0 Å². The summed E-state index contributed by atoms with van der Waals surface area (Å²) in [5, 5.41) is 22.8. The van der Waals surface area contributed by atoms with E-state index in [1.807, 2.05) is 0 Å². The minimum atomic E-state index is -0.804. The van der Waals surface area contributed by atoms with E-state index in [0.717, 1.165) is 5.69 Å². The van der Waals surface area contributed by atoms with Crippen molar-refractivity contribution in [2.75, 3.05) is 11.9 Å². The van der Waals surface area contributed by atoms with Gasteiger partial charge in [0.15, 0.2) is 0 Å². The highest BCUT2D eigenvalue weighted by Gasteiger charge is 2.11. The van der Waals surface area contributed by atoms with Crippen LogP contribution in [0.5, 0.6) is 0 Å². The predicted molar refractivity (Wildman–Crippen MR) is 57.9 cm³/mol. The maximum Gasteiger partial charge on any atom is 0.269 e. The zero-order chi connectivity index (χ0) is 11.5. The Balaban J connectivity index is 2.61. The van der Waals surface area contributed by atoms with Gasteiger partial charge in [-0.2, -0.15) is 0 Å². The van der Waals surface area contributed by atoms with E-state index in [1.165, 1.54) is 12.1 Å². The first-order valence-corrected chi connectivity index (χ1v) is 4.59. The van der Waals surface area contributed by atoms with E-state index in [2.05, 4.69) is 5.32 Å². The molecule has 0 aromatic heterocycles. The average molecular weight is 210 g/mol. The SMILES string of the molecule is CC(C)(O)CNc1ccc([N+](=O)[O-])cc1. The minimum absolute atomic E-state index is 0.0591. The van der Waals surface area contributed by atoms with Crippen molar-refractivity contribution in [1.29, 1.82) is 0 Å². The molecule has 2 N–H and O–H groups in total. The Morgan fingerprint density at radius 1 is 1.40 bits per heavy atom. The van der Waals surface area contributed by atoms with Crippen LogP contribution in [-0.2, 0) is 0 Å². The molecule has 0 aliphatic carbocycles. The largest absolute Gasteiger partial charge is 0.389 e. The van der Waals surface area contributed by atoms with Crippen molar-refractivity contribution < 1.29 is 10.0 Å². The predicted octanol–water partition coefficient (Wildman–Crippen LogP) is 1.78. The standard InChI is InChI=1S/C10H14N2O3/c1-10(2,13)7-11-8-3-5-9(6-4-8)12(14)15/h3-6,11,13H,7H2,1-2H3. The van der Waals surface area contributed by atoms with Crippen molar-refractivity contribution in [2.45, 2.75) is 19.4 Å². The molecule has 0 saturated carbocycles. The maximum atomic E-state index is 10.4. The molecule has 5 nitrogen and oxygen atoms in total. The highest BCUT2D eigenvalue weighted by atomic mass is 16.6. The second-order valence-corrected chi connectivity index (χ2v) is 3.97. The van der Waals surface area contributed by atoms with Gasteiger partial charge in [0.25, 0.3) is 5.69 Å². The molecule has 5 heteroatoms. The second kappa shape index (κ2) is 4.27. The van der Waals surface area contributed by atoms with Crippen molar-refractivity contribution in [2.24, 2.45) is 0 Å². The molecule has 0 bridgehead atoms. The van der Waals surface area contributed by atoms with Crippen molar-refractivity contribution in [1.82, 2.24) is 0 Å². The van der Waals surface area contributed by atoms with Crippen LogP contribution in [0.4, 0.5) is 11.4 Å². The van der Waals surface area contributed by atoms with E-state index < -0.39 is 10.5 Å². The normalized spacial score (nSPS) is 11.1. The Kier molecular flexibility index (Phi) is 3.26. The molecule has 0 spiro atoms. The average Bonchev–Trinajstić information content (AvgIpc) is 2.14. The van der Waals surface area contributed by atoms with Crippen molar-refractivity contribution in [3.63, 3.8) is 0 Å². The maximum absolute atomic E-state index is 10.4. The molecule has 0 radical (unpaired) electrons. The molecule has 0 atom stereocenters. The van der Waals surface area contributed by atoms with Gasteiger partial charge >= 0.3 is 0 Å². The summed E-state index contributed by atoms with van der Waals surface area (Å²) in [6.45, 7) is 3.77. The molecule has 1 aromatic carbocycles. The van der Waals surface area contributed by atoms with Gasteiger partial charge in [-0.15, -0.1) is 0 Å². The number of aliphatic hydroxyl groups is 1. The smallest absolute Gasteiger partial charge is 0.269 e. The van der Waals surface area contributed by atoms with Gasteiger partial charge in [0.05, 0.1) is 10.5 Å².